The first-order valence-electron chi connectivity index (χ1n) is 20.4. The molecule has 0 radical (unpaired) electrons. The van der Waals surface area contributed by atoms with Gasteiger partial charge in [-0.05, 0) is 64.2 Å². The Balaban J connectivity index is 0.0000186. The summed E-state index contributed by atoms with van der Waals surface area (Å²) in [7, 11) is 0. The molecular weight excluding hydrogens is 866 g/mol. The molecule has 22 nitrogen and oxygen atoms in total. The molecule has 9 amide bonds. The Hall–Kier alpha value is -4.22. The monoisotopic (exact) mass is 929 g/mol. The number of carbonyl (C=O) groups excluding carboxylic acids is 8. The van der Waals surface area contributed by atoms with E-state index in [1.165, 1.54) is 0 Å². The van der Waals surface area contributed by atoms with Crippen LogP contribution >= 0.6 is 11.8 Å². The number of aliphatic carboxylic acids is 1. The van der Waals surface area contributed by atoms with Gasteiger partial charge in [0.25, 0.3) is 0 Å². The number of unbranched alkanes of at least 4 members (excludes halogenated alkanes) is 3. The van der Waals surface area contributed by atoms with Gasteiger partial charge in [-0.3, -0.25) is 49.2 Å². The van der Waals surface area contributed by atoms with Crippen molar-refractivity contribution in [2.75, 3.05) is 31.9 Å². The summed E-state index contributed by atoms with van der Waals surface area (Å²) in [6.45, 7) is 3.18. The number of nitrogens with one attached hydrogen (secondary N) is 6. The number of carboxylic acids is 1. The molecule has 2 fully saturated rings. The number of carboxylic acid groups (broad SMARTS) is 1. The van der Waals surface area contributed by atoms with Gasteiger partial charge in [-0.1, -0.05) is 12.8 Å². The average molecular weight is 930 g/mol. The fourth-order valence-corrected chi connectivity index (χ4v) is 8.14. The topological polar surface area (TPSA) is 316 Å². The molecule has 2 aliphatic rings. The molecule has 10 N–H and O–H groups in total. The zero-order chi connectivity index (χ0) is 44.8. The SMILES string of the molecule is CC(=O)N(O)CCC[C@H](NC(=O)[C@H](CCCN(O)C(C)=O)NC(=O)[C@H](CCCN(O)C(C)=O)NC(=O)CCCCCNC(=O)CCCC[C@@H]1SC[C@@H]2NC(=O)N[C@@H]21)C(=O)O.[Fe]. The van der Waals surface area contributed by atoms with E-state index in [-0.39, 0.29) is 106 Å². The van der Waals surface area contributed by atoms with Gasteiger partial charge in [0.2, 0.25) is 41.4 Å². The van der Waals surface area contributed by atoms with E-state index in [1.807, 2.05) is 11.8 Å². The van der Waals surface area contributed by atoms with Crippen LogP contribution in [-0.4, -0.2) is 157 Å². The Morgan fingerprint density at radius 1 is 0.656 bits per heavy atom. The van der Waals surface area contributed by atoms with Crippen LogP contribution in [0.5, 0.6) is 0 Å². The van der Waals surface area contributed by atoms with Crippen LogP contribution in [0.25, 0.3) is 0 Å². The van der Waals surface area contributed by atoms with Gasteiger partial charge in [0.05, 0.1) is 12.1 Å². The van der Waals surface area contributed by atoms with Crippen molar-refractivity contribution in [2.45, 2.75) is 146 Å². The fraction of sp³-hybridized carbons (Fsp3) is 0.757. The average Bonchev–Trinajstić information content (AvgIpc) is 3.74. The van der Waals surface area contributed by atoms with Crippen LogP contribution in [0.2, 0.25) is 0 Å². The molecule has 0 spiro atoms. The molecule has 0 aromatic carbocycles. The number of fused-ring (bicyclic) bond motifs is 1. The largest absolute Gasteiger partial charge is 0.480 e. The summed E-state index contributed by atoms with van der Waals surface area (Å²) >= 11 is 1.83. The van der Waals surface area contributed by atoms with Crippen molar-refractivity contribution in [3.05, 3.63) is 0 Å². The first kappa shape index (κ1) is 54.8. The van der Waals surface area contributed by atoms with Crippen LogP contribution in [0.3, 0.4) is 0 Å². The number of carbonyl (C=O) groups is 9. The molecule has 61 heavy (non-hydrogen) atoms. The third-order valence-electron chi connectivity index (χ3n) is 10.1. The first-order chi connectivity index (χ1) is 28.4. The summed E-state index contributed by atoms with van der Waals surface area (Å²) in [5, 5.41) is 56.8. The number of hydrogen-bond donors (Lipinski definition) is 10. The Kier molecular flexibility index (Phi) is 26.2. The van der Waals surface area contributed by atoms with Crippen molar-refractivity contribution in [3.63, 3.8) is 0 Å². The quantitative estimate of drug-likeness (QED) is 0.0155. The Morgan fingerprint density at radius 3 is 1.66 bits per heavy atom. The van der Waals surface area contributed by atoms with E-state index in [9.17, 15) is 63.9 Å². The smallest absolute Gasteiger partial charge is 0.326 e. The molecule has 0 aliphatic carbocycles. The molecule has 24 heteroatoms. The molecule has 0 aromatic heterocycles. The van der Waals surface area contributed by atoms with E-state index in [0.717, 1.165) is 45.8 Å². The molecule has 6 atom stereocenters. The maximum Gasteiger partial charge on any atom is 0.326 e. The van der Waals surface area contributed by atoms with Crippen molar-refractivity contribution < 1.29 is 80.9 Å². The molecule has 2 aliphatic heterocycles. The molecule has 0 aromatic rings. The number of nitrogens with zero attached hydrogens (tertiary/aromatic N) is 3. The second-order valence-corrected chi connectivity index (χ2v) is 16.2. The molecule has 348 valence electrons. The summed E-state index contributed by atoms with van der Waals surface area (Å²) in [5.74, 6) is -4.85. The van der Waals surface area contributed by atoms with Gasteiger partial charge in [-0.2, -0.15) is 11.8 Å². The van der Waals surface area contributed by atoms with Crippen LogP contribution in [0.1, 0.15) is 111 Å². The number of hydroxylamine groups is 6. The Bertz CT molecular complexity index is 1500. The van der Waals surface area contributed by atoms with E-state index < -0.39 is 59.5 Å². The van der Waals surface area contributed by atoms with Gasteiger partial charge in [0.15, 0.2) is 0 Å². The van der Waals surface area contributed by atoms with Gasteiger partial charge >= 0.3 is 12.0 Å². The van der Waals surface area contributed by atoms with Gasteiger partial charge in [0, 0.05) is 87.9 Å². The minimum atomic E-state index is -1.48. The van der Waals surface area contributed by atoms with Crippen molar-refractivity contribution >= 4 is 65.1 Å². The summed E-state index contributed by atoms with van der Waals surface area (Å²) in [5.41, 5.74) is 0. The zero-order valence-corrected chi connectivity index (χ0v) is 36.9. The predicted molar refractivity (Wildman–Crippen MR) is 214 cm³/mol. The number of hydrogen-bond acceptors (Lipinski definition) is 13. The third-order valence-corrected chi connectivity index (χ3v) is 11.6. The van der Waals surface area contributed by atoms with Crippen LogP contribution in [0, 0.1) is 0 Å². The van der Waals surface area contributed by atoms with Crippen LogP contribution in [0.4, 0.5) is 4.79 Å². The van der Waals surface area contributed by atoms with E-state index in [4.69, 9.17) is 0 Å². The van der Waals surface area contributed by atoms with E-state index in [0.29, 0.717) is 52.7 Å². The number of rotatable bonds is 29. The zero-order valence-electron chi connectivity index (χ0n) is 35.0. The maximum atomic E-state index is 13.6. The molecule has 0 unspecified atom stereocenters. The summed E-state index contributed by atoms with van der Waals surface area (Å²) < 4.78 is 0. The van der Waals surface area contributed by atoms with Crippen molar-refractivity contribution in [1.82, 2.24) is 47.1 Å². The molecular formula is C37H63FeN9O13S. The van der Waals surface area contributed by atoms with Crippen LogP contribution < -0.4 is 31.9 Å². The molecule has 2 heterocycles. The van der Waals surface area contributed by atoms with Gasteiger partial charge in [-0.15, -0.1) is 0 Å². The fourth-order valence-electron chi connectivity index (χ4n) is 6.59. The molecule has 0 saturated carbocycles. The van der Waals surface area contributed by atoms with Crippen LogP contribution in [0.15, 0.2) is 0 Å². The maximum absolute atomic E-state index is 13.6. The predicted octanol–water partition coefficient (Wildman–Crippen LogP) is -0.0210. The minimum Gasteiger partial charge on any atom is -0.480 e. The number of thioether (sulfide) groups is 1. The Morgan fingerprint density at radius 2 is 1.13 bits per heavy atom. The molecule has 2 saturated heterocycles. The van der Waals surface area contributed by atoms with Crippen LogP contribution in [-0.2, 0) is 55.4 Å². The molecule has 2 rings (SSSR count). The minimum absolute atomic E-state index is 0. The normalized spacial score (nSPS) is 17.8. The summed E-state index contributed by atoms with van der Waals surface area (Å²) in [6.07, 6.45) is 4.13. The van der Waals surface area contributed by atoms with E-state index in [1.54, 1.807) is 0 Å². The van der Waals surface area contributed by atoms with Crippen molar-refractivity contribution in [3.8, 4) is 0 Å². The third kappa shape index (κ3) is 21.4. The number of urea groups is 1. The standard InChI is InChI=1S/C37H63N9O13S.Fe/c1-23(47)44(57)19-9-12-26(39-32(51)17-5-4-8-18-38-31(50)16-7-6-15-30-33-29(22-60-30)42-37(56)43-33)34(52)40-27(13-10-20-45(58)24(2)48)35(53)41-28(36(54)55)14-11-21-46(59)25(3)49;/h26-30,33,57-59H,4-22H2,1-3H3,(H,38,50)(H,39,51)(H,40,52)(H,41,53)(H,54,55)(H2,42,43,56);/t26-,27-,28-,29-,30-,33-;/m0./s1. The van der Waals surface area contributed by atoms with Gasteiger partial charge in [0.1, 0.15) is 18.1 Å². The van der Waals surface area contributed by atoms with Gasteiger partial charge < -0.3 is 37.0 Å². The Labute approximate surface area is 370 Å². The van der Waals surface area contributed by atoms with Gasteiger partial charge in [-0.25, -0.2) is 24.8 Å². The van der Waals surface area contributed by atoms with E-state index >= 15 is 0 Å². The molecule has 0 bridgehead atoms. The van der Waals surface area contributed by atoms with Crippen molar-refractivity contribution in [2.24, 2.45) is 0 Å². The second-order valence-electron chi connectivity index (χ2n) is 15.0. The number of amides is 9. The first-order valence-corrected chi connectivity index (χ1v) is 21.4. The summed E-state index contributed by atoms with van der Waals surface area (Å²) in [4.78, 5) is 110. The second kappa shape index (κ2) is 29.1. The summed E-state index contributed by atoms with van der Waals surface area (Å²) in [6, 6.07) is -3.97. The van der Waals surface area contributed by atoms with Crippen molar-refractivity contribution in [1.29, 1.82) is 0 Å². The van der Waals surface area contributed by atoms with E-state index in [2.05, 4.69) is 31.9 Å².